The average molecular weight is 1340 g/mol. The number of hydrogen-bond donors (Lipinski definition) is 1. The molecule has 5 aliphatic heterocycles. The highest BCUT2D eigenvalue weighted by Gasteiger charge is 2.54. The molecule has 0 aromatic heterocycles. The molecule has 0 bridgehead atoms. The molecule has 4 aromatic rings. The number of aliphatic imine (C=N–C) groups is 2. The van der Waals surface area contributed by atoms with Crippen LogP contribution in [0.2, 0.25) is 0 Å². The first-order chi connectivity index (χ1) is 45.3. The largest absolute Gasteiger partial charge is 0.501 e. The molecule has 95 heavy (non-hydrogen) atoms. The molecule has 5 heterocycles. The van der Waals surface area contributed by atoms with Gasteiger partial charge >= 0.3 is 34.3 Å². The monoisotopic (exact) mass is 1340 g/mol. The van der Waals surface area contributed by atoms with E-state index >= 15 is 0 Å². The van der Waals surface area contributed by atoms with Gasteiger partial charge in [-0.1, -0.05) is 37.2 Å². The number of azide groups is 1. The van der Waals surface area contributed by atoms with Crippen molar-refractivity contribution in [3.8, 4) is 40.2 Å². The van der Waals surface area contributed by atoms with Crippen LogP contribution in [-0.2, 0) is 82.4 Å². The molecule has 7 atom stereocenters. The highest BCUT2D eigenvalue weighted by atomic mass is 32.3. The molecular formula is C64H72N8O22S. The van der Waals surface area contributed by atoms with E-state index < -0.39 is 89.0 Å². The molecule has 1 N–H and O–H groups in total. The Bertz CT molecular complexity index is 3870. The number of ether oxygens (including phenoxy) is 11. The second kappa shape index (κ2) is 30.4. The Morgan fingerprint density at radius 1 is 0.726 bits per heavy atom. The van der Waals surface area contributed by atoms with Gasteiger partial charge in [0.05, 0.1) is 62.0 Å². The third kappa shape index (κ3) is 17.8. The summed E-state index contributed by atoms with van der Waals surface area (Å²) in [7, 11) is -2.51. The lowest BCUT2D eigenvalue weighted by Crippen LogP contribution is -2.63. The molecule has 0 spiro atoms. The number of amides is 3. The number of methoxy groups -OCH3 is 2. The predicted molar refractivity (Wildman–Crippen MR) is 335 cm³/mol. The van der Waals surface area contributed by atoms with Gasteiger partial charge in [-0.2, -0.15) is 0 Å². The fourth-order valence-corrected chi connectivity index (χ4v) is 12.1. The maximum Gasteiger partial charge on any atom is 0.501 e. The van der Waals surface area contributed by atoms with Crippen LogP contribution in [0, 0.1) is 5.41 Å². The van der Waals surface area contributed by atoms with Crippen LogP contribution in [0.1, 0.15) is 98.2 Å². The number of esters is 4. The zero-order valence-electron chi connectivity index (χ0n) is 53.4. The molecule has 9 rings (SSSR count). The smallest absolute Gasteiger partial charge is 0.493 e. The van der Waals surface area contributed by atoms with Crippen molar-refractivity contribution in [1.29, 1.82) is 0 Å². The second-order valence-corrected chi connectivity index (χ2v) is 24.6. The molecule has 0 radical (unpaired) electrons. The number of hydrogen-bond acceptors (Lipinski definition) is 25. The summed E-state index contributed by atoms with van der Waals surface area (Å²) in [5, 5.41) is 6.10. The molecule has 0 saturated carbocycles. The lowest BCUT2D eigenvalue weighted by atomic mass is 9.91. The minimum atomic E-state index is -5.32. The zero-order valence-corrected chi connectivity index (χ0v) is 54.2. The second-order valence-electron chi connectivity index (χ2n) is 23.4. The van der Waals surface area contributed by atoms with Crippen LogP contribution in [0.15, 0.2) is 87.9 Å². The Hall–Kier alpha value is -9.97. The molecule has 3 amide bonds. The number of rotatable bonds is 28. The van der Waals surface area contributed by atoms with E-state index in [9.17, 15) is 42.0 Å². The molecule has 3 fully saturated rings. The number of nitrogens with one attached hydrogen (secondary N) is 1. The lowest BCUT2D eigenvalue weighted by Gasteiger charge is -2.43. The van der Waals surface area contributed by atoms with E-state index in [0.29, 0.717) is 59.6 Å². The summed E-state index contributed by atoms with van der Waals surface area (Å²) in [5.74, 6) is -5.10. The van der Waals surface area contributed by atoms with Gasteiger partial charge in [-0.15, -0.1) is 8.42 Å². The van der Waals surface area contributed by atoms with Crippen LogP contribution >= 0.6 is 0 Å². The Morgan fingerprint density at radius 3 is 1.95 bits per heavy atom. The average Bonchev–Trinajstić information content (AvgIpc) is 1.71. The molecule has 0 unspecified atom stereocenters. The fourth-order valence-electron chi connectivity index (χ4n) is 11.4. The Morgan fingerprint density at radius 2 is 1.34 bits per heavy atom. The lowest BCUT2D eigenvalue weighted by molar-refractivity contribution is -0.288. The Labute approximate surface area is 546 Å². The van der Waals surface area contributed by atoms with Crippen molar-refractivity contribution >= 4 is 75.8 Å². The van der Waals surface area contributed by atoms with Gasteiger partial charge < -0.3 is 75.6 Å². The van der Waals surface area contributed by atoms with Crippen LogP contribution in [-0.4, -0.2) is 175 Å². The highest BCUT2D eigenvalue weighted by Crippen LogP contribution is 2.44. The van der Waals surface area contributed by atoms with Gasteiger partial charge in [-0.3, -0.25) is 43.5 Å². The summed E-state index contributed by atoms with van der Waals surface area (Å²) in [4.78, 5) is 106. The zero-order chi connectivity index (χ0) is 68.3. The normalized spacial score (nSPS) is 20.6. The summed E-state index contributed by atoms with van der Waals surface area (Å²) in [6, 6.07) is 14.0. The number of benzene rings is 4. The highest BCUT2D eigenvalue weighted by molar-refractivity contribution is 7.82. The van der Waals surface area contributed by atoms with Gasteiger partial charge in [-0.25, -0.2) is 0 Å². The number of nitrogens with zero attached hydrogens (tertiary/aromatic N) is 7. The van der Waals surface area contributed by atoms with Crippen molar-refractivity contribution in [2.45, 2.75) is 123 Å². The topological polar surface area (TPSA) is 366 Å². The Balaban J connectivity index is 1.05. The minimum Gasteiger partial charge on any atom is -0.493 e. The quantitative estimate of drug-likeness (QED) is 0.0116. The molecular weight excluding hydrogens is 1260 g/mol. The van der Waals surface area contributed by atoms with Crippen LogP contribution in [0.25, 0.3) is 10.4 Å². The number of fused-ring (bicyclic) bond motifs is 4. The van der Waals surface area contributed by atoms with Crippen LogP contribution < -0.4 is 37.4 Å². The third-order valence-corrected chi connectivity index (χ3v) is 16.2. The van der Waals surface area contributed by atoms with E-state index in [1.165, 1.54) is 50.6 Å². The summed E-state index contributed by atoms with van der Waals surface area (Å²) in [6.45, 7) is 12.6. The van der Waals surface area contributed by atoms with Crippen molar-refractivity contribution in [2.75, 3.05) is 60.2 Å². The van der Waals surface area contributed by atoms with Gasteiger partial charge in [0.2, 0.25) is 18.3 Å². The minimum absolute atomic E-state index is 0.0205. The van der Waals surface area contributed by atoms with E-state index in [-0.39, 0.29) is 116 Å². The van der Waals surface area contributed by atoms with E-state index in [1.54, 1.807) is 46.5 Å². The first-order valence-electron chi connectivity index (χ1n) is 30.1. The van der Waals surface area contributed by atoms with Gasteiger partial charge in [-0.05, 0) is 89.4 Å². The predicted octanol–water partition coefficient (Wildman–Crippen LogP) is 6.85. The van der Waals surface area contributed by atoms with E-state index in [4.69, 9.17) is 71.0 Å². The molecule has 506 valence electrons. The van der Waals surface area contributed by atoms with Gasteiger partial charge in [0.1, 0.15) is 31.7 Å². The van der Waals surface area contributed by atoms with Gasteiger partial charge in [0, 0.05) is 89.8 Å². The molecule has 31 heteroatoms. The number of carbonyl (C=O) groups excluding carboxylic acids is 7. The standard InChI is InChI=1S/C64H72N8O22S/c1-35-18-43-28-67-48-25-53(51(82-8)23-46(48)61(78)71(43)30-35)86-31-41-19-42(32-87-54-26-49-47(24-52(54)83-9)62(79)72-34-64(6,7)27-44(72)29-68-49)21-45(20-41)93-95(80,81)94-55-22-40(11-13-57(77)66-14-16-84-17-15-69-70-65)10-12-50(55)91-63-60(90-39(5)76)59(89-38(4)75)58(88-37(3)74)56(92-63)33-85-36(2)73/h10,12,19-26,28-29,43-44,56,58-60,63H,1,11,13-18,27,30-34H2,2-9H3,(H,66,77)/t43-,44-,56+,58-,59-,60+,63+/m0/s1. The van der Waals surface area contributed by atoms with Crippen molar-refractivity contribution in [2.24, 2.45) is 20.5 Å². The van der Waals surface area contributed by atoms with Crippen LogP contribution in [0.3, 0.4) is 0 Å². The van der Waals surface area contributed by atoms with Crippen LogP contribution in [0.4, 0.5) is 11.4 Å². The van der Waals surface area contributed by atoms with Gasteiger partial charge in [0.15, 0.2) is 46.7 Å². The summed E-state index contributed by atoms with van der Waals surface area (Å²) in [5.41, 5.74) is 11.4. The maximum atomic E-state index is 14.6. The summed E-state index contributed by atoms with van der Waals surface area (Å²) < 4.78 is 105. The van der Waals surface area contributed by atoms with Crippen molar-refractivity contribution < 1.29 is 102 Å². The molecule has 4 aromatic carbocycles. The number of aryl methyl sites for hydroxylation is 1. The molecule has 5 aliphatic rings. The molecule has 30 nitrogen and oxygen atoms in total. The first-order valence-corrected chi connectivity index (χ1v) is 31.4. The maximum absolute atomic E-state index is 14.6. The molecule has 0 aliphatic carbocycles. The van der Waals surface area contributed by atoms with E-state index in [2.05, 4.69) is 40.8 Å². The Kier molecular flexibility index (Phi) is 22.2. The summed E-state index contributed by atoms with van der Waals surface area (Å²) >= 11 is 0. The van der Waals surface area contributed by atoms with Crippen LogP contribution in [0.5, 0.6) is 40.2 Å². The summed E-state index contributed by atoms with van der Waals surface area (Å²) in [6.07, 6.45) is -3.84. The SMILES string of the molecule is C=C1C[C@H]2C=Nc3cc(OCc4cc(COc5cc6c(cc5OC)C(=O)N5CC(C)(C)C[C@H]5C=N6)cc(OS(=O)(=O)Oc5cc(CCC(=O)NCCOCCN=[N+]=[N-])ccc5O[C@@H]5O[C@H](COC(C)=O)[C@H](OC(C)=O)[C@H](OC(C)=O)[C@H]5OC(C)=O)c4)c(OC)cc3C(=O)N2C1. The van der Waals surface area contributed by atoms with E-state index in [0.717, 1.165) is 33.3 Å². The number of carbonyl (C=O) groups is 7. The molecule has 3 saturated heterocycles. The van der Waals surface area contributed by atoms with Crippen molar-refractivity contribution in [1.82, 2.24) is 15.1 Å². The van der Waals surface area contributed by atoms with Crippen molar-refractivity contribution in [3.05, 3.63) is 111 Å². The first kappa shape index (κ1) is 69.4. The van der Waals surface area contributed by atoms with E-state index in [1.807, 2.05) is 0 Å². The van der Waals surface area contributed by atoms with Crippen molar-refractivity contribution in [3.63, 3.8) is 0 Å². The fraction of sp³-hybridized carbons (Fsp3) is 0.453. The van der Waals surface area contributed by atoms with Gasteiger partial charge in [0.25, 0.3) is 11.8 Å². The third-order valence-electron chi connectivity index (χ3n) is 15.4.